The van der Waals surface area contributed by atoms with Crippen molar-refractivity contribution >= 4 is 6.47 Å². The van der Waals surface area contributed by atoms with E-state index in [9.17, 15) is 4.79 Å². The molecule has 7 heavy (non-hydrogen) atoms. The molecule has 0 amide bonds. The summed E-state index contributed by atoms with van der Waals surface area (Å²) < 4.78 is 4.18. The number of carbonyl (C=O) groups is 1. The highest BCUT2D eigenvalue weighted by atomic mass is 19.0. The van der Waals surface area contributed by atoms with Crippen LogP contribution in [-0.2, 0) is 9.53 Å². The van der Waals surface area contributed by atoms with Crippen LogP contribution in [0.2, 0.25) is 0 Å². The third kappa shape index (κ3) is 11.1. The van der Waals surface area contributed by atoms with Crippen molar-refractivity contribution in [3.63, 3.8) is 0 Å². The first kappa shape index (κ1) is 9.46. The summed E-state index contributed by atoms with van der Waals surface area (Å²) in [6.45, 7) is 4.01. The van der Waals surface area contributed by atoms with Gasteiger partial charge in [0.05, 0.1) is 0 Å². The first-order valence-corrected chi connectivity index (χ1v) is 1.58. The van der Waals surface area contributed by atoms with Gasteiger partial charge in [0, 0.05) is 0 Å². The monoisotopic (exact) mass is 106 g/mol. The molecule has 0 atom stereocenters. The van der Waals surface area contributed by atoms with Gasteiger partial charge in [0.1, 0.15) is 6.61 Å². The first-order chi connectivity index (χ1) is 2.91. The predicted octanol–water partition coefficient (Wildman–Crippen LogP) is 0.498. The van der Waals surface area contributed by atoms with Gasteiger partial charge in [-0.1, -0.05) is 12.7 Å². The van der Waals surface area contributed by atoms with Crippen molar-refractivity contribution in [2.24, 2.45) is 0 Å². The highest BCUT2D eigenvalue weighted by Gasteiger charge is 1.65. The molecule has 0 fully saturated rings. The van der Waals surface area contributed by atoms with Gasteiger partial charge in [0.2, 0.25) is 0 Å². The Kier molecular flexibility index (Phi) is 12.1. The van der Waals surface area contributed by atoms with Crippen LogP contribution >= 0.6 is 0 Å². The summed E-state index contributed by atoms with van der Waals surface area (Å²) in [4.78, 5) is 9.29. The van der Waals surface area contributed by atoms with Crippen molar-refractivity contribution in [3.05, 3.63) is 12.7 Å². The second-order valence-corrected chi connectivity index (χ2v) is 0.718. The number of ether oxygens (including phenoxy) is 1. The average molecular weight is 106 g/mol. The van der Waals surface area contributed by atoms with Crippen LogP contribution in [0.25, 0.3) is 0 Å². The van der Waals surface area contributed by atoms with Gasteiger partial charge in [-0.2, -0.15) is 0 Å². The SMILES string of the molecule is C=CCOC=O.F. The van der Waals surface area contributed by atoms with Gasteiger partial charge in [0.25, 0.3) is 6.47 Å². The lowest BCUT2D eigenvalue weighted by molar-refractivity contribution is -0.127. The number of hydrogen-bond donors (Lipinski definition) is 0. The van der Waals surface area contributed by atoms with Crippen LogP contribution in [0.15, 0.2) is 12.7 Å². The van der Waals surface area contributed by atoms with E-state index in [0.29, 0.717) is 13.1 Å². The number of hydrogen-bond acceptors (Lipinski definition) is 2. The molecule has 0 heterocycles. The average Bonchev–Trinajstić information content (AvgIpc) is 1.61. The van der Waals surface area contributed by atoms with Crippen LogP contribution in [-0.4, -0.2) is 13.1 Å². The molecule has 2 nitrogen and oxygen atoms in total. The van der Waals surface area contributed by atoms with Crippen molar-refractivity contribution < 1.29 is 14.2 Å². The third-order valence-electron chi connectivity index (χ3n) is 0.282. The lowest BCUT2D eigenvalue weighted by atomic mass is 10.7. The zero-order valence-electron chi connectivity index (χ0n) is 3.79. The molecular formula is C4H7FO2. The summed E-state index contributed by atoms with van der Waals surface area (Å²) >= 11 is 0. The molecule has 42 valence electrons. The standard InChI is InChI=1S/C4H6O2.FH/c1-2-3-6-4-5;/h2,4H,1,3H2;1H. The van der Waals surface area contributed by atoms with E-state index in [-0.39, 0.29) is 4.70 Å². The minimum atomic E-state index is 0. The first-order valence-electron chi connectivity index (χ1n) is 1.58. The largest absolute Gasteiger partial charge is 0.464 e. The van der Waals surface area contributed by atoms with Crippen molar-refractivity contribution in [3.8, 4) is 0 Å². The van der Waals surface area contributed by atoms with E-state index in [4.69, 9.17) is 0 Å². The minimum Gasteiger partial charge on any atom is -0.464 e. The van der Waals surface area contributed by atoms with Crippen LogP contribution in [0, 0.1) is 0 Å². The summed E-state index contributed by atoms with van der Waals surface area (Å²) in [7, 11) is 0. The molecular weight excluding hydrogens is 99.0 g/mol. The molecule has 0 aromatic carbocycles. The molecule has 0 bridgehead atoms. The topological polar surface area (TPSA) is 26.3 Å². The van der Waals surface area contributed by atoms with E-state index in [1.54, 1.807) is 0 Å². The van der Waals surface area contributed by atoms with Gasteiger partial charge in [-0.05, 0) is 0 Å². The molecule has 0 spiro atoms. The Labute approximate surface area is 41.1 Å². The molecule has 0 aromatic rings. The molecule has 0 N–H and O–H groups in total. The molecule has 0 aliphatic rings. The van der Waals surface area contributed by atoms with Crippen LogP contribution in [0.1, 0.15) is 0 Å². The Morgan fingerprint density at radius 3 is 2.43 bits per heavy atom. The summed E-state index contributed by atoms with van der Waals surface area (Å²) in [5, 5.41) is 0. The Hall–Kier alpha value is -0.860. The summed E-state index contributed by atoms with van der Waals surface area (Å²) in [5.74, 6) is 0. The molecule has 0 aliphatic heterocycles. The van der Waals surface area contributed by atoms with E-state index in [1.807, 2.05) is 0 Å². The quantitative estimate of drug-likeness (QED) is 0.297. The van der Waals surface area contributed by atoms with Gasteiger partial charge in [-0.15, -0.1) is 0 Å². The third-order valence-corrected chi connectivity index (χ3v) is 0.282. The Morgan fingerprint density at radius 2 is 2.29 bits per heavy atom. The molecule has 0 saturated carbocycles. The zero-order chi connectivity index (χ0) is 4.83. The van der Waals surface area contributed by atoms with Crippen LogP contribution in [0.3, 0.4) is 0 Å². The molecule has 0 saturated heterocycles. The maximum Gasteiger partial charge on any atom is 0.293 e. The van der Waals surface area contributed by atoms with Gasteiger partial charge in [-0.25, -0.2) is 0 Å². The molecule has 0 aliphatic carbocycles. The second kappa shape index (κ2) is 8.94. The molecule has 0 rings (SSSR count). The number of halogens is 1. The Balaban J connectivity index is 0. The fourth-order valence-corrected chi connectivity index (χ4v) is 0.107. The highest BCUT2D eigenvalue weighted by molar-refractivity contribution is 5.37. The lowest BCUT2D eigenvalue weighted by Gasteiger charge is -1.82. The number of rotatable bonds is 3. The van der Waals surface area contributed by atoms with E-state index in [0.717, 1.165) is 0 Å². The van der Waals surface area contributed by atoms with E-state index in [2.05, 4.69) is 11.3 Å². The lowest BCUT2D eigenvalue weighted by Crippen LogP contribution is -1.83. The highest BCUT2D eigenvalue weighted by Crippen LogP contribution is 1.62. The Bertz CT molecular complexity index is 45.7. The molecule has 0 unspecified atom stereocenters. The van der Waals surface area contributed by atoms with Crippen molar-refractivity contribution in [2.75, 3.05) is 6.61 Å². The smallest absolute Gasteiger partial charge is 0.293 e. The van der Waals surface area contributed by atoms with Crippen molar-refractivity contribution in [1.82, 2.24) is 0 Å². The van der Waals surface area contributed by atoms with Crippen LogP contribution < -0.4 is 0 Å². The minimum absolute atomic E-state index is 0. The van der Waals surface area contributed by atoms with E-state index < -0.39 is 0 Å². The summed E-state index contributed by atoms with van der Waals surface area (Å²) in [6, 6.07) is 0. The number of carbonyl (C=O) groups excluding carboxylic acids is 1. The van der Waals surface area contributed by atoms with Gasteiger partial charge in [-0.3, -0.25) is 9.50 Å². The molecule has 0 aromatic heterocycles. The predicted molar refractivity (Wildman–Crippen MR) is 24.7 cm³/mol. The van der Waals surface area contributed by atoms with Gasteiger partial charge >= 0.3 is 0 Å². The van der Waals surface area contributed by atoms with Gasteiger partial charge < -0.3 is 4.74 Å². The second-order valence-electron chi connectivity index (χ2n) is 0.718. The molecule has 3 heteroatoms. The molecule has 0 radical (unpaired) electrons. The summed E-state index contributed by atoms with van der Waals surface area (Å²) in [5.41, 5.74) is 0. The van der Waals surface area contributed by atoms with E-state index >= 15 is 0 Å². The van der Waals surface area contributed by atoms with Crippen LogP contribution in [0.5, 0.6) is 0 Å². The fourth-order valence-electron chi connectivity index (χ4n) is 0.107. The fraction of sp³-hybridized carbons (Fsp3) is 0.250. The Morgan fingerprint density at radius 1 is 1.71 bits per heavy atom. The maximum absolute atomic E-state index is 9.29. The normalized spacial score (nSPS) is 5.71. The van der Waals surface area contributed by atoms with Crippen LogP contribution in [0.4, 0.5) is 4.70 Å². The maximum atomic E-state index is 9.29. The van der Waals surface area contributed by atoms with Crippen molar-refractivity contribution in [1.29, 1.82) is 0 Å². The van der Waals surface area contributed by atoms with Crippen molar-refractivity contribution in [2.45, 2.75) is 0 Å². The van der Waals surface area contributed by atoms with E-state index in [1.165, 1.54) is 6.08 Å². The zero-order valence-corrected chi connectivity index (χ0v) is 3.79. The summed E-state index contributed by atoms with van der Waals surface area (Å²) in [6.07, 6.45) is 1.51. The van der Waals surface area contributed by atoms with Gasteiger partial charge in [0.15, 0.2) is 0 Å².